The van der Waals surface area contributed by atoms with Crippen molar-refractivity contribution in [1.82, 2.24) is 16.0 Å². The molecule has 0 fully saturated rings. The van der Waals surface area contributed by atoms with Gasteiger partial charge in [0, 0.05) is 25.3 Å². The SMILES string of the molecule is NC(N)=NCCCC(N)C(=O)NC(CCCN=C(N)N)C(=O)NC(Cc1ccccc1)C(=O)NC(CS)C(=O)O. The van der Waals surface area contributed by atoms with Crippen LogP contribution in [0.25, 0.3) is 0 Å². The van der Waals surface area contributed by atoms with Crippen LogP contribution in [0.15, 0.2) is 40.3 Å². The molecule has 0 aliphatic carbocycles. The molecule has 16 heteroatoms. The number of rotatable bonds is 18. The summed E-state index contributed by atoms with van der Waals surface area (Å²) in [5, 5.41) is 17.0. The summed E-state index contributed by atoms with van der Waals surface area (Å²) in [6, 6.07) is 4.39. The third-order valence-corrected chi connectivity index (χ3v) is 5.96. The van der Waals surface area contributed by atoms with Crippen LogP contribution in [-0.4, -0.2) is 83.7 Å². The molecule has 3 amide bonds. The average molecular weight is 581 g/mol. The number of nitrogens with zero attached hydrogens (tertiary/aromatic N) is 2. The molecular formula is C24H40N10O5S. The Morgan fingerprint density at radius 2 is 1.27 bits per heavy atom. The molecule has 0 bridgehead atoms. The van der Waals surface area contributed by atoms with Crippen molar-refractivity contribution in [1.29, 1.82) is 0 Å². The fraction of sp³-hybridized carbons (Fsp3) is 0.500. The van der Waals surface area contributed by atoms with Gasteiger partial charge in [0.1, 0.15) is 18.1 Å². The number of carboxylic acids is 1. The molecular weight excluding hydrogens is 540 g/mol. The van der Waals surface area contributed by atoms with Crippen molar-refractivity contribution in [2.24, 2.45) is 38.7 Å². The Balaban J connectivity index is 3.06. The first-order valence-electron chi connectivity index (χ1n) is 12.6. The summed E-state index contributed by atoms with van der Waals surface area (Å²) in [5.74, 6) is -3.60. The lowest BCUT2D eigenvalue weighted by Crippen LogP contribution is -2.57. The van der Waals surface area contributed by atoms with E-state index in [4.69, 9.17) is 28.7 Å². The number of nitrogens with two attached hydrogens (primary N) is 5. The van der Waals surface area contributed by atoms with E-state index < -0.39 is 47.9 Å². The van der Waals surface area contributed by atoms with Gasteiger partial charge in [0.15, 0.2) is 11.9 Å². The van der Waals surface area contributed by atoms with Gasteiger partial charge in [0.05, 0.1) is 6.04 Å². The fourth-order valence-corrected chi connectivity index (χ4v) is 3.74. The fourth-order valence-electron chi connectivity index (χ4n) is 3.49. The number of carbonyl (C=O) groups is 4. The van der Waals surface area contributed by atoms with E-state index in [1.54, 1.807) is 30.3 Å². The van der Waals surface area contributed by atoms with Crippen LogP contribution < -0.4 is 44.6 Å². The molecule has 1 rings (SSSR count). The second-order valence-corrected chi connectivity index (χ2v) is 9.26. The first-order chi connectivity index (χ1) is 18.9. The number of carboxylic acid groups (broad SMARTS) is 1. The second-order valence-electron chi connectivity index (χ2n) is 8.90. The van der Waals surface area contributed by atoms with Crippen molar-refractivity contribution >= 4 is 48.2 Å². The van der Waals surface area contributed by atoms with E-state index in [0.717, 1.165) is 5.56 Å². The van der Waals surface area contributed by atoms with E-state index in [9.17, 15) is 24.3 Å². The highest BCUT2D eigenvalue weighted by atomic mass is 32.1. The molecule has 14 N–H and O–H groups in total. The van der Waals surface area contributed by atoms with E-state index in [1.807, 2.05) is 0 Å². The van der Waals surface area contributed by atoms with Crippen LogP contribution in [0.2, 0.25) is 0 Å². The molecule has 4 unspecified atom stereocenters. The highest BCUT2D eigenvalue weighted by molar-refractivity contribution is 7.80. The Labute approximate surface area is 238 Å². The highest BCUT2D eigenvalue weighted by Gasteiger charge is 2.30. The largest absolute Gasteiger partial charge is 0.480 e. The van der Waals surface area contributed by atoms with E-state index in [0.29, 0.717) is 12.8 Å². The lowest BCUT2D eigenvalue weighted by molar-refractivity contribution is -0.141. The molecule has 0 saturated heterocycles. The number of nitrogens with one attached hydrogen (secondary N) is 3. The van der Waals surface area contributed by atoms with E-state index >= 15 is 0 Å². The molecule has 222 valence electrons. The Hall–Kier alpha value is -4.05. The predicted molar refractivity (Wildman–Crippen MR) is 155 cm³/mol. The molecule has 0 heterocycles. The van der Waals surface area contributed by atoms with Crippen molar-refractivity contribution < 1.29 is 24.3 Å². The highest BCUT2D eigenvalue weighted by Crippen LogP contribution is 2.07. The first-order valence-corrected chi connectivity index (χ1v) is 13.2. The van der Waals surface area contributed by atoms with E-state index in [1.165, 1.54) is 0 Å². The lowest BCUT2D eigenvalue weighted by Gasteiger charge is -2.25. The maximum absolute atomic E-state index is 13.4. The molecule has 1 aromatic rings. The number of carbonyl (C=O) groups excluding carboxylic acids is 3. The van der Waals surface area contributed by atoms with Crippen LogP contribution in [0.3, 0.4) is 0 Å². The number of guanidine groups is 2. The number of hydrogen-bond acceptors (Lipinski definition) is 8. The first kappa shape index (κ1) is 34.0. The van der Waals surface area contributed by atoms with Crippen molar-refractivity contribution in [3.05, 3.63) is 35.9 Å². The normalized spacial score (nSPS) is 13.6. The summed E-state index contributed by atoms with van der Waals surface area (Å²) in [5.41, 5.74) is 28.0. The summed E-state index contributed by atoms with van der Waals surface area (Å²) < 4.78 is 0. The quantitative estimate of drug-likeness (QED) is 0.0366. The zero-order valence-electron chi connectivity index (χ0n) is 22.2. The van der Waals surface area contributed by atoms with Gasteiger partial charge in [0.2, 0.25) is 17.7 Å². The second kappa shape index (κ2) is 18.3. The zero-order chi connectivity index (χ0) is 30.1. The van der Waals surface area contributed by atoms with E-state index in [2.05, 4.69) is 38.6 Å². The molecule has 0 radical (unpaired) electrons. The summed E-state index contributed by atoms with van der Waals surface area (Å²) >= 11 is 3.97. The van der Waals surface area contributed by atoms with Gasteiger partial charge >= 0.3 is 5.97 Å². The maximum Gasteiger partial charge on any atom is 0.327 e. The minimum absolute atomic E-state index is 0.0658. The van der Waals surface area contributed by atoms with Crippen molar-refractivity contribution in [3.63, 3.8) is 0 Å². The number of amides is 3. The average Bonchev–Trinajstić information content (AvgIpc) is 2.90. The molecule has 0 aliphatic heterocycles. The predicted octanol–water partition coefficient (Wildman–Crippen LogP) is -2.87. The summed E-state index contributed by atoms with van der Waals surface area (Å²) in [4.78, 5) is 58.3. The smallest absolute Gasteiger partial charge is 0.327 e. The molecule has 0 saturated carbocycles. The van der Waals surface area contributed by atoms with Crippen LogP contribution >= 0.6 is 12.6 Å². The summed E-state index contributed by atoms with van der Waals surface area (Å²) in [6.07, 6.45) is 1.21. The summed E-state index contributed by atoms with van der Waals surface area (Å²) in [7, 11) is 0. The molecule has 40 heavy (non-hydrogen) atoms. The number of thiol groups is 1. The van der Waals surface area contributed by atoms with Crippen molar-refractivity contribution in [2.45, 2.75) is 56.3 Å². The Morgan fingerprint density at radius 1 is 0.775 bits per heavy atom. The van der Waals surface area contributed by atoms with Crippen LogP contribution in [0.1, 0.15) is 31.2 Å². The third-order valence-electron chi connectivity index (χ3n) is 5.60. The number of benzene rings is 1. The molecule has 15 nitrogen and oxygen atoms in total. The summed E-state index contributed by atoms with van der Waals surface area (Å²) in [6.45, 7) is 0.481. The standard InChI is InChI=1S/C24H40N10O5S/c25-15(8-4-10-30-23(26)27)19(35)32-16(9-5-11-31-24(28)29)20(36)33-17(12-14-6-2-1-3-7-14)21(37)34-18(13-40)22(38)39/h1-3,6-7,15-18,40H,4-5,8-13,25H2,(H,32,35)(H,33,36)(H,34,37)(H,38,39)(H4,26,27,30)(H4,28,29,31). The van der Waals surface area contributed by atoms with Crippen LogP contribution in [-0.2, 0) is 25.6 Å². The van der Waals surface area contributed by atoms with Gasteiger partial charge in [-0.05, 0) is 31.2 Å². The van der Waals surface area contributed by atoms with Gasteiger partial charge in [0.25, 0.3) is 0 Å². The third kappa shape index (κ3) is 13.7. The zero-order valence-corrected chi connectivity index (χ0v) is 23.1. The van der Waals surface area contributed by atoms with Gasteiger partial charge in [-0.15, -0.1) is 0 Å². The molecule has 4 atom stereocenters. The van der Waals surface area contributed by atoms with Gasteiger partial charge < -0.3 is 49.7 Å². The van der Waals surface area contributed by atoms with Crippen molar-refractivity contribution in [3.8, 4) is 0 Å². The van der Waals surface area contributed by atoms with Gasteiger partial charge in [-0.25, -0.2) is 4.79 Å². The molecule has 0 spiro atoms. The number of aliphatic carboxylic acids is 1. The van der Waals surface area contributed by atoms with Crippen LogP contribution in [0.5, 0.6) is 0 Å². The van der Waals surface area contributed by atoms with Crippen LogP contribution in [0, 0.1) is 0 Å². The monoisotopic (exact) mass is 580 g/mol. The lowest BCUT2D eigenvalue weighted by atomic mass is 10.0. The van der Waals surface area contributed by atoms with Crippen molar-refractivity contribution in [2.75, 3.05) is 18.8 Å². The van der Waals surface area contributed by atoms with E-state index in [-0.39, 0.29) is 50.0 Å². The van der Waals surface area contributed by atoms with Gasteiger partial charge in [-0.2, -0.15) is 12.6 Å². The molecule has 1 aromatic carbocycles. The van der Waals surface area contributed by atoms with Crippen LogP contribution in [0.4, 0.5) is 0 Å². The molecule has 0 aromatic heterocycles. The topological polar surface area (TPSA) is 279 Å². The van der Waals surface area contributed by atoms with Gasteiger partial charge in [-0.1, -0.05) is 30.3 Å². The number of aliphatic imine (C=N–C) groups is 2. The Kier molecular flexibility index (Phi) is 15.5. The molecule has 0 aliphatic rings. The number of hydrogen-bond donors (Lipinski definition) is 10. The maximum atomic E-state index is 13.4. The Bertz CT molecular complexity index is 1030. The van der Waals surface area contributed by atoms with Gasteiger partial charge in [-0.3, -0.25) is 24.4 Å². The minimum Gasteiger partial charge on any atom is -0.480 e. The minimum atomic E-state index is -1.27. The Morgan fingerprint density at radius 3 is 1.80 bits per heavy atom.